The molecule has 1 rings (SSSR count). The van der Waals surface area contributed by atoms with Crippen LogP contribution in [-0.4, -0.2) is 45.6 Å². The lowest BCUT2D eigenvalue weighted by molar-refractivity contribution is -0.121. The molecule has 14 heavy (non-hydrogen) atoms. The minimum Gasteiger partial charge on any atom is -0.323 e. The van der Waals surface area contributed by atoms with Crippen LogP contribution in [0.25, 0.3) is 0 Å². The Kier molecular flexibility index (Phi) is 4.06. The number of imide groups is 1. The van der Waals surface area contributed by atoms with E-state index in [0.29, 0.717) is 31.0 Å². The summed E-state index contributed by atoms with van der Waals surface area (Å²) in [4.78, 5) is 23.5. The van der Waals surface area contributed by atoms with Crippen molar-refractivity contribution in [2.45, 2.75) is 13.3 Å². The van der Waals surface area contributed by atoms with Crippen LogP contribution in [-0.2, 0) is 15.6 Å². The molecule has 0 aromatic carbocycles. The maximum absolute atomic E-state index is 11.2. The molecule has 1 heterocycles. The van der Waals surface area contributed by atoms with Gasteiger partial charge in [-0.15, -0.1) is 0 Å². The number of amides is 3. The van der Waals surface area contributed by atoms with Gasteiger partial charge in [-0.05, 0) is 0 Å². The number of nitrogens with one attached hydrogen (secondary N) is 1. The molecular formula is C8H14N2O3S. The number of nitrogens with zero attached hydrogens (tertiary/aromatic N) is 1. The normalized spacial score (nSPS) is 19.4. The van der Waals surface area contributed by atoms with Crippen molar-refractivity contribution in [2.75, 3.05) is 24.6 Å². The third kappa shape index (κ3) is 3.10. The van der Waals surface area contributed by atoms with E-state index in [-0.39, 0.29) is 11.9 Å². The zero-order valence-corrected chi connectivity index (χ0v) is 8.93. The molecule has 1 saturated heterocycles. The Labute approximate surface area is 85.3 Å². The molecule has 1 aliphatic heterocycles. The van der Waals surface area contributed by atoms with Crippen LogP contribution in [0.1, 0.15) is 13.3 Å². The summed E-state index contributed by atoms with van der Waals surface area (Å²) >= 11 is 0. The number of hydrogen-bond acceptors (Lipinski definition) is 3. The molecule has 0 aromatic heterocycles. The van der Waals surface area contributed by atoms with Crippen LogP contribution in [0.5, 0.6) is 0 Å². The second kappa shape index (κ2) is 5.09. The van der Waals surface area contributed by atoms with Crippen molar-refractivity contribution in [1.29, 1.82) is 0 Å². The van der Waals surface area contributed by atoms with Crippen LogP contribution in [0.2, 0.25) is 0 Å². The molecule has 1 aliphatic rings. The predicted octanol–water partition coefficient (Wildman–Crippen LogP) is -0.303. The molecule has 0 saturated carbocycles. The molecule has 0 spiro atoms. The van der Waals surface area contributed by atoms with Gasteiger partial charge in [-0.25, -0.2) is 4.79 Å². The molecule has 6 heteroatoms. The van der Waals surface area contributed by atoms with Crippen molar-refractivity contribution in [3.05, 3.63) is 0 Å². The topological polar surface area (TPSA) is 66.5 Å². The van der Waals surface area contributed by atoms with E-state index >= 15 is 0 Å². The van der Waals surface area contributed by atoms with Crippen molar-refractivity contribution in [3.8, 4) is 0 Å². The highest BCUT2D eigenvalue weighted by molar-refractivity contribution is 7.84. The number of carbonyl (C=O) groups excluding carboxylic acids is 2. The van der Waals surface area contributed by atoms with Gasteiger partial charge in [0.25, 0.3) is 0 Å². The van der Waals surface area contributed by atoms with Gasteiger partial charge < -0.3 is 4.90 Å². The Morgan fingerprint density at radius 3 is 2.79 bits per heavy atom. The van der Waals surface area contributed by atoms with Crippen LogP contribution < -0.4 is 5.32 Å². The fourth-order valence-corrected chi connectivity index (χ4v) is 1.88. The van der Waals surface area contributed by atoms with Crippen molar-refractivity contribution in [3.63, 3.8) is 0 Å². The van der Waals surface area contributed by atoms with Gasteiger partial charge in [-0.2, -0.15) is 0 Å². The first-order valence-corrected chi connectivity index (χ1v) is 6.06. The van der Waals surface area contributed by atoms with E-state index in [1.165, 1.54) is 4.90 Å². The predicted molar refractivity (Wildman–Crippen MR) is 53.3 cm³/mol. The SMILES string of the molecule is CCS(=O)CCN1CCC(=O)NC1=O. The largest absolute Gasteiger partial charge is 0.324 e. The van der Waals surface area contributed by atoms with Crippen LogP contribution in [0.4, 0.5) is 4.79 Å². The minimum absolute atomic E-state index is 0.233. The lowest BCUT2D eigenvalue weighted by Crippen LogP contribution is -2.50. The van der Waals surface area contributed by atoms with Gasteiger partial charge in [-0.1, -0.05) is 6.92 Å². The Morgan fingerprint density at radius 1 is 1.50 bits per heavy atom. The van der Waals surface area contributed by atoms with E-state index < -0.39 is 10.8 Å². The van der Waals surface area contributed by atoms with Gasteiger partial charge in [0, 0.05) is 41.8 Å². The molecule has 0 aliphatic carbocycles. The maximum atomic E-state index is 11.2. The highest BCUT2D eigenvalue weighted by atomic mass is 32.2. The Bertz CT molecular complexity index is 267. The lowest BCUT2D eigenvalue weighted by atomic mass is 10.3. The van der Waals surface area contributed by atoms with Gasteiger partial charge >= 0.3 is 6.03 Å². The highest BCUT2D eigenvalue weighted by Crippen LogP contribution is 2.00. The second-order valence-electron chi connectivity index (χ2n) is 3.02. The third-order valence-corrected chi connectivity index (χ3v) is 3.34. The number of hydrogen-bond donors (Lipinski definition) is 1. The van der Waals surface area contributed by atoms with Crippen LogP contribution >= 0.6 is 0 Å². The lowest BCUT2D eigenvalue weighted by Gasteiger charge is -2.26. The highest BCUT2D eigenvalue weighted by Gasteiger charge is 2.22. The summed E-state index contributed by atoms with van der Waals surface area (Å²) < 4.78 is 11.1. The Morgan fingerprint density at radius 2 is 2.21 bits per heavy atom. The number of carbonyl (C=O) groups is 2. The molecule has 80 valence electrons. The smallest absolute Gasteiger partial charge is 0.323 e. The van der Waals surface area contributed by atoms with Crippen LogP contribution in [0, 0.1) is 0 Å². The van der Waals surface area contributed by atoms with Crippen molar-refractivity contribution in [2.24, 2.45) is 0 Å². The van der Waals surface area contributed by atoms with Gasteiger partial charge in [0.05, 0.1) is 0 Å². The van der Waals surface area contributed by atoms with E-state index in [2.05, 4.69) is 5.32 Å². The zero-order valence-electron chi connectivity index (χ0n) is 8.12. The summed E-state index contributed by atoms with van der Waals surface area (Å²) in [7, 11) is -0.859. The summed E-state index contributed by atoms with van der Waals surface area (Å²) in [6.07, 6.45) is 0.338. The molecular weight excluding hydrogens is 204 g/mol. The Hall–Kier alpha value is -0.910. The van der Waals surface area contributed by atoms with Crippen LogP contribution in [0.3, 0.4) is 0 Å². The average Bonchev–Trinajstić information content (AvgIpc) is 2.16. The van der Waals surface area contributed by atoms with Crippen molar-refractivity contribution >= 4 is 22.7 Å². The van der Waals surface area contributed by atoms with Crippen LogP contribution in [0.15, 0.2) is 0 Å². The van der Waals surface area contributed by atoms with Gasteiger partial charge in [0.2, 0.25) is 5.91 Å². The number of urea groups is 1. The monoisotopic (exact) mass is 218 g/mol. The molecule has 0 bridgehead atoms. The minimum atomic E-state index is -0.859. The fraction of sp³-hybridized carbons (Fsp3) is 0.750. The summed E-state index contributed by atoms with van der Waals surface area (Å²) in [6, 6.07) is -0.366. The zero-order chi connectivity index (χ0) is 10.6. The summed E-state index contributed by atoms with van der Waals surface area (Å²) in [6.45, 7) is 2.74. The quantitative estimate of drug-likeness (QED) is 0.704. The van der Waals surface area contributed by atoms with Crippen molar-refractivity contribution in [1.82, 2.24) is 10.2 Å². The van der Waals surface area contributed by atoms with Gasteiger partial charge in [0.1, 0.15) is 0 Å². The molecule has 5 nitrogen and oxygen atoms in total. The number of rotatable bonds is 4. The molecule has 0 radical (unpaired) electrons. The van der Waals surface area contributed by atoms with E-state index in [0.717, 1.165) is 0 Å². The third-order valence-electron chi connectivity index (χ3n) is 2.05. The van der Waals surface area contributed by atoms with E-state index in [1.54, 1.807) is 0 Å². The Balaban J connectivity index is 2.34. The molecule has 1 N–H and O–H groups in total. The van der Waals surface area contributed by atoms with E-state index in [4.69, 9.17) is 0 Å². The maximum Gasteiger partial charge on any atom is 0.324 e. The fourth-order valence-electron chi connectivity index (χ4n) is 1.17. The second-order valence-corrected chi connectivity index (χ2v) is 4.89. The first kappa shape index (κ1) is 11.2. The van der Waals surface area contributed by atoms with Gasteiger partial charge in [0.15, 0.2) is 0 Å². The summed E-state index contributed by atoms with van der Waals surface area (Å²) in [5, 5.41) is 2.22. The average molecular weight is 218 g/mol. The first-order chi connectivity index (χ1) is 6.63. The molecule has 0 aromatic rings. The van der Waals surface area contributed by atoms with Crippen molar-refractivity contribution < 1.29 is 13.8 Å². The summed E-state index contributed by atoms with van der Waals surface area (Å²) in [5.41, 5.74) is 0. The molecule has 1 atom stereocenters. The molecule has 3 amide bonds. The first-order valence-electron chi connectivity index (χ1n) is 4.57. The molecule has 1 fully saturated rings. The van der Waals surface area contributed by atoms with Gasteiger partial charge in [-0.3, -0.25) is 14.3 Å². The van der Waals surface area contributed by atoms with E-state index in [1.807, 2.05) is 6.92 Å². The molecule has 1 unspecified atom stereocenters. The standard InChI is InChI=1S/C8H14N2O3S/c1-2-14(13)6-5-10-4-3-7(11)9-8(10)12/h2-6H2,1H3,(H,9,11,12). The summed E-state index contributed by atoms with van der Waals surface area (Å²) in [5.74, 6) is 0.856. The van der Waals surface area contributed by atoms with E-state index in [9.17, 15) is 13.8 Å².